The minimum absolute atomic E-state index is 0.0948. The Kier molecular flexibility index (Phi) is 2.81. The highest BCUT2D eigenvalue weighted by Crippen LogP contribution is 2.31. The third-order valence-corrected chi connectivity index (χ3v) is 3.20. The summed E-state index contributed by atoms with van der Waals surface area (Å²) in [6, 6.07) is 3.12. The predicted octanol–water partition coefficient (Wildman–Crippen LogP) is 1.83. The highest BCUT2D eigenvalue weighted by atomic mass is 16.4. The molecule has 0 aromatic carbocycles. The van der Waals surface area contributed by atoms with Crippen LogP contribution in [-0.2, 0) is 6.42 Å². The zero-order valence-corrected chi connectivity index (χ0v) is 9.27. The molecule has 16 heavy (non-hydrogen) atoms. The average Bonchev–Trinajstić information content (AvgIpc) is 2.17. The van der Waals surface area contributed by atoms with Crippen molar-refractivity contribution in [3.05, 3.63) is 33.7 Å². The van der Waals surface area contributed by atoms with Crippen LogP contribution in [0, 0.1) is 0 Å². The minimum atomic E-state index is -1.03. The molecule has 1 aromatic rings. The molecule has 1 fully saturated rings. The van der Waals surface area contributed by atoms with Crippen molar-refractivity contribution in [2.75, 3.05) is 0 Å². The van der Waals surface area contributed by atoms with Crippen LogP contribution in [0.5, 0.6) is 0 Å². The summed E-state index contributed by atoms with van der Waals surface area (Å²) >= 11 is 0. The van der Waals surface area contributed by atoms with E-state index in [2.05, 4.69) is 0 Å². The van der Waals surface area contributed by atoms with Crippen molar-refractivity contribution in [1.29, 1.82) is 0 Å². The average molecular weight is 221 g/mol. The first-order chi connectivity index (χ1) is 7.63. The van der Waals surface area contributed by atoms with E-state index in [1.54, 1.807) is 10.6 Å². The third kappa shape index (κ3) is 1.75. The maximum atomic E-state index is 11.9. The standard InChI is InChI=1S/C12H15NO3/c1-2-9-6-8(12(15)16)7-11(14)13(9)10-4-3-5-10/h6-7,10H,2-5H2,1H3,(H,15,16). The van der Waals surface area contributed by atoms with Crippen LogP contribution in [0.15, 0.2) is 16.9 Å². The first kappa shape index (κ1) is 10.9. The van der Waals surface area contributed by atoms with Crippen molar-refractivity contribution < 1.29 is 9.90 Å². The number of carboxylic acid groups (broad SMARTS) is 1. The monoisotopic (exact) mass is 221 g/mol. The van der Waals surface area contributed by atoms with Gasteiger partial charge in [-0.1, -0.05) is 6.92 Å². The molecule has 0 radical (unpaired) electrons. The van der Waals surface area contributed by atoms with E-state index in [4.69, 9.17) is 5.11 Å². The molecule has 86 valence electrons. The highest BCUT2D eigenvalue weighted by Gasteiger charge is 2.23. The van der Waals surface area contributed by atoms with Gasteiger partial charge in [-0.05, 0) is 31.7 Å². The maximum Gasteiger partial charge on any atom is 0.335 e. The second-order valence-corrected chi connectivity index (χ2v) is 4.19. The summed E-state index contributed by atoms with van der Waals surface area (Å²) in [5.41, 5.74) is 0.744. The molecule has 0 atom stereocenters. The van der Waals surface area contributed by atoms with Gasteiger partial charge in [0.1, 0.15) is 0 Å². The molecule has 1 aliphatic rings. The number of hydrogen-bond acceptors (Lipinski definition) is 2. The Balaban J connectivity index is 2.51. The summed E-state index contributed by atoms with van der Waals surface area (Å²) in [6.07, 6.45) is 3.90. The molecule has 4 nitrogen and oxygen atoms in total. The maximum absolute atomic E-state index is 11.9. The normalized spacial score (nSPS) is 15.8. The number of rotatable bonds is 3. The Bertz CT molecular complexity index is 472. The molecule has 0 amide bonds. The number of nitrogens with zero attached hydrogens (tertiary/aromatic N) is 1. The zero-order valence-electron chi connectivity index (χ0n) is 9.27. The Morgan fingerprint density at radius 1 is 1.50 bits per heavy atom. The van der Waals surface area contributed by atoms with Crippen LogP contribution in [0.1, 0.15) is 48.3 Å². The van der Waals surface area contributed by atoms with Crippen molar-refractivity contribution >= 4 is 5.97 Å². The topological polar surface area (TPSA) is 59.3 Å². The lowest BCUT2D eigenvalue weighted by Crippen LogP contribution is -2.31. The largest absolute Gasteiger partial charge is 0.478 e. The Labute approximate surface area is 93.5 Å². The molecule has 0 bridgehead atoms. The summed E-state index contributed by atoms with van der Waals surface area (Å²) < 4.78 is 1.76. The summed E-state index contributed by atoms with van der Waals surface area (Å²) in [5, 5.41) is 8.88. The lowest BCUT2D eigenvalue weighted by Gasteiger charge is -2.30. The first-order valence-corrected chi connectivity index (χ1v) is 5.62. The van der Waals surface area contributed by atoms with Crippen LogP contribution in [0.2, 0.25) is 0 Å². The fourth-order valence-electron chi connectivity index (χ4n) is 2.09. The van der Waals surface area contributed by atoms with Crippen molar-refractivity contribution in [3.8, 4) is 0 Å². The lowest BCUT2D eigenvalue weighted by atomic mass is 9.92. The van der Waals surface area contributed by atoms with Gasteiger partial charge in [0.2, 0.25) is 0 Å². The number of carboxylic acids is 1. The second kappa shape index (κ2) is 4.12. The van der Waals surface area contributed by atoms with E-state index in [0.717, 1.165) is 25.0 Å². The Hall–Kier alpha value is -1.58. The molecule has 2 rings (SSSR count). The molecule has 1 heterocycles. The van der Waals surface area contributed by atoms with Crippen LogP contribution in [0.3, 0.4) is 0 Å². The van der Waals surface area contributed by atoms with Gasteiger partial charge in [-0.3, -0.25) is 4.79 Å². The molecule has 1 N–H and O–H groups in total. The molecule has 0 aliphatic heterocycles. The molecule has 1 aliphatic carbocycles. The fourth-order valence-corrected chi connectivity index (χ4v) is 2.09. The molecule has 1 saturated carbocycles. The van der Waals surface area contributed by atoms with E-state index in [9.17, 15) is 9.59 Å². The molecule has 1 aromatic heterocycles. The second-order valence-electron chi connectivity index (χ2n) is 4.19. The molecular formula is C12H15NO3. The number of hydrogen-bond donors (Lipinski definition) is 1. The van der Waals surface area contributed by atoms with Crippen LogP contribution < -0.4 is 5.56 Å². The fraction of sp³-hybridized carbons (Fsp3) is 0.500. The highest BCUT2D eigenvalue weighted by molar-refractivity contribution is 5.87. The van der Waals surface area contributed by atoms with Crippen molar-refractivity contribution in [3.63, 3.8) is 0 Å². The van der Waals surface area contributed by atoms with E-state index in [1.807, 2.05) is 6.92 Å². The van der Waals surface area contributed by atoms with E-state index < -0.39 is 5.97 Å². The van der Waals surface area contributed by atoms with Gasteiger partial charge >= 0.3 is 5.97 Å². The summed E-state index contributed by atoms with van der Waals surface area (Å²) in [6.45, 7) is 1.94. The number of aromatic nitrogens is 1. The quantitative estimate of drug-likeness (QED) is 0.847. The van der Waals surface area contributed by atoms with Gasteiger partial charge < -0.3 is 9.67 Å². The van der Waals surface area contributed by atoms with Crippen molar-refractivity contribution in [1.82, 2.24) is 4.57 Å². The number of aromatic carboxylic acids is 1. The van der Waals surface area contributed by atoms with Crippen molar-refractivity contribution in [2.24, 2.45) is 0 Å². The first-order valence-electron chi connectivity index (χ1n) is 5.62. The van der Waals surface area contributed by atoms with Gasteiger partial charge in [0, 0.05) is 17.8 Å². The Morgan fingerprint density at radius 3 is 2.62 bits per heavy atom. The van der Waals surface area contributed by atoms with Gasteiger partial charge in [0.15, 0.2) is 0 Å². The third-order valence-electron chi connectivity index (χ3n) is 3.20. The van der Waals surface area contributed by atoms with E-state index >= 15 is 0 Å². The molecular weight excluding hydrogens is 206 g/mol. The van der Waals surface area contributed by atoms with Crippen LogP contribution in [-0.4, -0.2) is 15.6 Å². The van der Waals surface area contributed by atoms with Gasteiger partial charge in [-0.25, -0.2) is 4.79 Å². The van der Waals surface area contributed by atoms with Gasteiger partial charge in [-0.2, -0.15) is 0 Å². The minimum Gasteiger partial charge on any atom is -0.478 e. The zero-order chi connectivity index (χ0) is 11.7. The molecule has 4 heteroatoms. The van der Waals surface area contributed by atoms with Crippen LogP contribution >= 0.6 is 0 Å². The smallest absolute Gasteiger partial charge is 0.335 e. The summed E-state index contributed by atoms with van der Waals surface area (Å²) in [5.74, 6) is -1.03. The summed E-state index contributed by atoms with van der Waals surface area (Å²) in [4.78, 5) is 22.7. The molecule has 0 spiro atoms. The lowest BCUT2D eigenvalue weighted by molar-refractivity contribution is 0.0696. The van der Waals surface area contributed by atoms with E-state index in [1.165, 1.54) is 6.07 Å². The van der Waals surface area contributed by atoms with E-state index in [-0.39, 0.29) is 17.2 Å². The van der Waals surface area contributed by atoms with Gasteiger partial charge in [-0.15, -0.1) is 0 Å². The SMILES string of the molecule is CCc1cc(C(=O)O)cc(=O)n1C1CCC1. The summed E-state index contributed by atoms with van der Waals surface area (Å²) in [7, 11) is 0. The van der Waals surface area contributed by atoms with Crippen molar-refractivity contribution in [2.45, 2.75) is 38.6 Å². The van der Waals surface area contributed by atoms with E-state index in [0.29, 0.717) is 6.42 Å². The molecule has 0 saturated heterocycles. The van der Waals surface area contributed by atoms with Crippen LogP contribution in [0.25, 0.3) is 0 Å². The van der Waals surface area contributed by atoms with Gasteiger partial charge in [0.05, 0.1) is 5.56 Å². The predicted molar refractivity (Wildman–Crippen MR) is 59.9 cm³/mol. The number of pyridine rings is 1. The number of carbonyl (C=O) groups is 1. The van der Waals surface area contributed by atoms with Gasteiger partial charge in [0.25, 0.3) is 5.56 Å². The Morgan fingerprint density at radius 2 is 2.19 bits per heavy atom. The number of aryl methyl sites for hydroxylation is 1. The molecule has 0 unspecified atom stereocenters. The van der Waals surface area contributed by atoms with Crippen LogP contribution in [0.4, 0.5) is 0 Å².